The van der Waals surface area contributed by atoms with Crippen molar-refractivity contribution in [2.45, 2.75) is 68.7 Å². The van der Waals surface area contributed by atoms with Crippen molar-refractivity contribution in [2.75, 3.05) is 11.9 Å². The van der Waals surface area contributed by atoms with Gasteiger partial charge in [0.2, 0.25) is 17.7 Å². The molecule has 11 heteroatoms. The average Bonchev–Trinajstić information content (AvgIpc) is 3.75. The van der Waals surface area contributed by atoms with Crippen LogP contribution in [0.25, 0.3) is 0 Å². The highest BCUT2D eigenvalue weighted by atomic mass is 32.2. The third-order valence-electron chi connectivity index (χ3n) is 10.3. The topological polar surface area (TPSA) is 126 Å². The van der Waals surface area contributed by atoms with Gasteiger partial charge in [-0.05, 0) is 78.8 Å². The number of carbonyl (C=O) groups is 4. The largest absolute Gasteiger partial charge is 0.462 e. The Kier molecular flexibility index (Phi) is 7.55. The molecule has 3 aromatic rings. The number of H-pyrrole nitrogens is 1. The molecule has 1 aromatic heterocycles. The predicted octanol–water partition coefficient (Wildman–Crippen LogP) is 5.41. The molecule has 2 saturated carbocycles. The monoisotopic (exact) mass is 659 g/mol. The smallest absolute Gasteiger partial charge is 0.338 e. The number of nitrogens with one attached hydrogen (secondary N) is 2. The van der Waals surface area contributed by atoms with Crippen LogP contribution in [0, 0.1) is 29.6 Å². The van der Waals surface area contributed by atoms with E-state index in [4.69, 9.17) is 4.74 Å². The molecule has 9 nitrogen and oxygen atoms in total. The van der Waals surface area contributed by atoms with Crippen molar-refractivity contribution in [1.82, 2.24) is 9.88 Å². The van der Waals surface area contributed by atoms with Crippen LogP contribution in [0.3, 0.4) is 0 Å². The van der Waals surface area contributed by atoms with E-state index in [1.165, 1.54) is 21.8 Å². The Morgan fingerprint density at radius 1 is 1.00 bits per heavy atom. The molecule has 0 spiro atoms. The number of hydrogen-bond acceptors (Lipinski definition) is 8. The van der Waals surface area contributed by atoms with Gasteiger partial charge in [0.25, 0.3) is 0 Å². The van der Waals surface area contributed by atoms with Crippen LogP contribution in [0.4, 0.5) is 5.69 Å². The Morgan fingerprint density at radius 3 is 2.28 bits per heavy atom. The van der Waals surface area contributed by atoms with Crippen LogP contribution in [-0.4, -0.2) is 51.5 Å². The fraction of sp³-hybridized carbons (Fsp3) is 0.457. The van der Waals surface area contributed by atoms with Gasteiger partial charge in [0, 0.05) is 21.7 Å². The number of likely N-dealkylation sites (tertiary alicyclic amines) is 1. The van der Waals surface area contributed by atoms with Crippen LogP contribution in [0.1, 0.15) is 73.3 Å². The number of aromatic nitrogens is 1. The van der Waals surface area contributed by atoms with E-state index in [0.717, 1.165) is 21.9 Å². The fourth-order valence-electron chi connectivity index (χ4n) is 8.25. The molecule has 2 bridgehead atoms. The van der Waals surface area contributed by atoms with E-state index in [1.54, 1.807) is 49.9 Å². The van der Waals surface area contributed by atoms with Crippen LogP contribution < -0.4 is 10.2 Å². The van der Waals surface area contributed by atoms with Crippen LogP contribution in [0.2, 0.25) is 0 Å². The molecule has 0 radical (unpaired) electrons. The predicted molar refractivity (Wildman–Crippen MR) is 176 cm³/mol. The molecular weight excluding hydrogens is 623 g/mol. The van der Waals surface area contributed by atoms with E-state index < -0.39 is 29.8 Å². The summed E-state index contributed by atoms with van der Waals surface area (Å²) in [4.78, 5) is 71.2. The number of aromatic amines is 1. The minimum atomic E-state index is -0.997. The molecular formula is C35H37N3O6S2. The Bertz CT molecular complexity index is 1790. The summed E-state index contributed by atoms with van der Waals surface area (Å²) >= 11 is 2.90. The summed E-state index contributed by atoms with van der Waals surface area (Å²) in [7, 11) is 0. The minimum Gasteiger partial charge on any atom is -0.462 e. The number of rotatable bonds is 6. The summed E-state index contributed by atoms with van der Waals surface area (Å²) < 4.78 is 5.01. The number of esters is 1. The number of nitrogens with zero attached hydrogens (tertiary/aromatic N) is 1. The van der Waals surface area contributed by atoms with E-state index >= 15 is 0 Å². The first-order chi connectivity index (χ1) is 21.9. The Morgan fingerprint density at radius 2 is 1.65 bits per heavy atom. The van der Waals surface area contributed by atoms with E-state index in [1.807, 2.05) is 0 Å². The van der Waals surface area contributed by atoms with Gasteiger partial charge < -0.3 is 15.0 Å². The highest BCUT2D eigenvalue weighted by Gasteiger charge is 2.70. The zero-order valence-corrected chi connectivity index (χ0v) is 28.0. The molecule has 3 amide bonds. The number of thioether (sulfide) groups is 1. The summed E-state index contributed by atoms with van der Waals surface area (Å²) in [5.74, 6) is -2.44. The number of anilines is 1. The van der Waals surface area contributed by atoms with Crippen molar-refractivity contribution in [2.24, 2.45) is 29.6 Å². The van der Waals surface area contributed by atoms with E-state index in [2.05, 4.69) is 55.3 Å². The normalized spacial score (nSPS) is 28.5. The third kappa shape index (κ3) is 4.85. The van der Waals surface area contributed by atoms with Crippen molar-refractivity contribution in [3.63, 3.8) is 0 Å². The molecule has 7 rings (SSSR count). The number of ether oxygens (including phenoxy) is 1. The number of benzene rings is 2. The van der Waals surface area contributed by atoms with Gasteiger partial charge in [-0.15, -0.1) is 11.8 Å². The first kappa shape index (κ1) is 30.9. The molecule has 3 heterocycles. The van der Waals surface area contributed by atoms with Crippen LogP contribution >= 0.6 is 23.1 Å². The van der Waals surface area contributed by atoms with E-state index in [-0.39, 0.29) is 57.6 Å². The molecule has 2 aliphatic carbocycles. The van der Waals surface area contributed by atoms with Crippen molar-refractivity contribution >= 4 is 52.5 Å². The number of imide groups is 1. The molecule has 1 saturated heterocycles. The average molecular weight is 660 g/mol. The number of hydrogen-bond donors (Lipinski definition) is 2. The summed E-state index contributed by atoms with van der Waals surface area (Å²) in [5, 5.41) is 3.75. The van der Waals surface area contributed by atoms with Crippen LogP contribution in [0.15, 0.2) is 58.4 Å². The van der Waals surface area contributed by atoms with Crippen molar-refractivity contribution in [3.8, 4) is 0 Å². The lowest BCUT2D eigenvalue weighted by Crippen LogP contribution is -2.46. The second-order valence-electron chi connectivity index (χ2n) is 13.8. The van der Waals surface area contributed by atoms with Gasteiger partial charge in [-0.3, -0.25) is 24.1 Å². The van der Waals surface area contributed by atoms with Gasteiger partial charge in [0.1, 0.15) is 6.04 Å². The highest BCUT2D eigenvalue weighted by Crippen LogP contribution is 2.68. The van der Waals surface area contributed by atoms with Gasteiger partial charge in [0.05, 0.1) is 29.0 Å². The van der Waals surface area contributed by atoms with Crippen molar-refractivity contribution in [3.05, 3.63) is 79.8 Å². The van der Waals surface area contributed by atoms with Gasteiger partial charge >= 0.3 is 10.8 Å². The molecule has 2 aliphatic heterocycles. The molecule has 3 fully saturated rings. The molecule has 8 unspecified atom stereocenters. The molecule has 46 heavy (non-hydrogen) atoms. The van der Waals surface area contributed by atoms with Gasteiger partial charge in [-0.25, -0.2) is 4.79 Å². The zero-order valence-electron chi connectivity index (χ0n) is 26.4. The Balaban J connectivity index is 1.15. The fourth-order valence-corrected chi connectivity index (χ4v) is 11.1. The molecule has 2 N–H and O–H groups in total. The maximum Gasteiger partial charge on any atom is 0.338 e. The first-order valence-corrected chi connectivity index (χ1v) is 17.5. The molecule has 2 aromatic carbocycles. The van der Waals surface area contributed by atoms with Crippen molar-refractivity contribution < 1.29 is 23.9 Å². The SMILES string of the molecule is CCOC(=O)c1ccc(NC(=O)C(C)N2C(=O)C3C4CC(C3C2=O)C2C(c3ccc(C(C)(C)C)cc3)c3sc(=O)[nH]c3SC42)cc1. The lowest BCUT2D eigenvalue weighted by molar-refractivity contribution is -0.146. The zero-order chi connectivity index (χ0) is 32.7. The van der Waals surface area contributed by atoms with Gasteiger partial charge in [0.15, 0.2) is 0 Å². The number of thiazole rings is 1. The second kappa shape index (κ2) is 11.2. The highest BCUT2D eigenvalue weighted by molar-refractivity contribution is 8.00. The standard InChI is InChI=1S/C35H37N3O6S2/c1-6-44-33(42)18-9-13-20(14-10-18)36-29(39)16(2)38-31(40)25-21-15-22(26(25)32(38)41)27-24(21)23(28-30(45-27)37-34(43)46-28)17-7-11-19(12-8-17)35(3,4)5/h7-14,16,21-27H,6,15H2,1-5H3,(H,36,39)(H,37,43). The lowest BCUT2D eigenvalue weighted by Gasteiger charge is -2.43. The minimum absolute atomic E-state index is 0.00233. The van der Waals surface area contributed by atoms with Gasteiger partial charge in [-0.2, -0.15) is 0 Å². The summed E-state index contributed by atoms with van der Waals surface area (Å²) in [6.07, 6.45) is 0.784. The van der Waals surface area contributed by atoms with Crippen LogP contribution in [0.5, 0.6) is 0 Å². The first-order valence-electron chi connectivity index (χ1n) is 15.8. The summed E-state index contributed by atoms with van der Waals surface area (Å²) in [6, 6.07) is 14.0. The second-order valence-corrected chi connectivity index (χ2v) is 16.0. The Hall–Kier alpha value is -3.70. The van der Waals surface area contributed by atoms with Gasteiger partial charge in [-0.1, -0.05) is 56.4 Å². The Labute approximate surface area is 275 Å². The maximum absolute atomic E-state index is 14.1. The molecule has 8 atom stereocenters. The lowest BCUT2D eigenvalue weighted by atomic mass is 9.68. The number of amides is 3. The van der Waals surface area contributed by atoms with Crippen molar-refractivity contribution in [1.29, 1.82) is 0 Å². The third-order valence-corrected chi connectivity index (χ3v) is 12.9. The number of fused-ring (bicyclic) bond motifs is 9. The summed E-state index contributed by atoms with van der Waals surface area (Å²) in [5.41, 5.74) is 3.17. The quantitative estimate of drug-likeness (QED) is 0.268. The van der Waals surface area contributed by atoms with Crippen LogP contribution in [-0.2, 0) is 24.5 Å². The maximum atomic E-state index is 14.1. The summed E-state index contributed by atoms with van der Waals surface area (Å²) in [6.45, 7) is 10.1. The van der Waals surface area contributed by atoms with E-state index in [0.29, 0.717) is 11.3 Å². The molecule has 4 aliphatic rings. The van der Waals surface area contributed by atoms with E-state index in [9.17, 15) is 24.0 Å². The number of carbonyl (C=O) groups excluding carboxylic acids is 4. The molecule has 240 valence electrons.